The van der Waals surface area contributed by atoms with Crippen LogP contribution in [0.15, 0.2) is 53.4 Å². The van der Waals surface area contributed by atoms with Crippen molar-refractivity contribution >= 4 is 29.3 Å². The number of rotatable bonds is 6. The molecule has 3 unspecified atom stereocenters. The molecule has 2 aromatic rings. The molecule has 0 spiro atoms. The van der Waals surface area contributed by atoms with Gasteiger partial charge in [-0.2, -0.15) is 0 Å². The Morgan fingerprint density at radius 1 is 1.07 bits per heavy atom. The van der Waals surface area contributed by atoms with Crippen LogP contribution in [0.2, 0.25) is 0 Å². The van der Waals surface area contributed by atoms with Gasteiger partial charge < -0.3 is 5.11 Å². The normalized spacial score (nSPS) is 21.8. The van der Waals surface area contributed by atoms with E-state index in [9.17, 15) is 19.5 Å². The van der Waals surface area contributed by atoms with Gasteiger partial charge in [0, 0.05) is 34.1 Å². The van der Waals surface area contributed by atoms with Gasteiger partial charge in [-0.15, -0.1) is 11.8 Å². The van der Waals surface area contributed by atoms with Crippen LogP contribution in [0.3, 0.4) is 0 Å². The number of aliphatic carboxylic acids is 1. The number of thioether (sulfide) groups is 1. The SMILES string of the molecule is O=C(CCC(C(=O)O)c1ccc2c(c1)SCC1CCCCC1C2=O)c1ccccc1. The fraction of sp³-hybridized carbons (Fsp3) is 0.400. The van der Waals surface area contributed by atoms with Crippen LogP contribution in [0.1, 0.15) is 70.7 Å². The highest BCUT2D eigenvalue weighted by molar-refractivity contribution is 7.99. The molecule has 1 heterocycles. The highest BCUT2D eigenvalue weighted by Gasteiger charge is 2.35. The molecule has 4 rings (SSSR count). The molecule has 1 fully saturated rings. The van der Waals surface area contributed by atoms with Gasteiger partial charge in [-0.05, 0) is 42.9 Å². The Kier molecular flexibility index (Phi) is 6.38. The number of benzene rings is 2. The molecule has 156 valence electrons. The summed E-state index contributed by atoms with van der Waals surface area (Å²) >= 11 is 1.68. The van der Waals surface area contributed by atoms with Gasteiger partial charge in [0.05, 0.1) is 5.92 Å². The van der Waals surface area contributed by atoms with Crippen molar-refractivity contribution in [2.45, 2.75) is 49.3 Å². The molecule has 1 saturated carbocycles. The van der Waals surface area contributed by atoms with Crippen LogP contribution in [-0.2, 0) is 4.79 Å². The van der Waals surface area contributed by atoms with Crippen LogP contribution in [0.5, 0.6) is 0 Å². The quantitative estimate of drug-likeness (QED) is 0.613. The van der Waals surface area contributed by atoms with E-state index >= 15 is 0 Å². The fourth-order valence-corrected chi connectivity index (χ4v) is 6.04. The zero-order chi connectivity index (χ0) is 21.1. The molecule has 1 N–H and O–H groups in total. The highest BCUT2D eigenvalue weighted by atomic mass is 32.2. The van der Waals surface area contributed by atoms with Crippen molar-refractivity contribution in [3.05, 3.63) is 65.2 Å². The molecule has 2 aromatic carbocycles. The zero-order valence-electron chi connectivity index (χ0n) is 16.9. The molecule has 0 bridgehead atoms. The monoisotopic (exact) mass is 422 g/mol. The lowest BCUT2D eigenvalue weighted by molar-refractivity contribution is -0.138. The first-order valence-corrected chi connectivity index (χ1v) is 11.6. The topological polar surface area (TPSA) is 71.4 Å². The van der Waals surface area contributed by atoms with Gasteiger partial charge >= 0.3 is 5.97 Å². The van der Waals surface area contributed by atoms with Crippen molar-refractivity contribution in [2.75, 3.05) is 5.75 Å². The van der Waals surface area contributed by atoms with Crippen molar-refractivity contribution in [3.8, 4) is 0 Å². The first-order valence-electron chi connectivity index (χ1n) is 10.7. The van der Waals surface area contributed by atoms with E-state index in [1.807, 2.05) is 18.2 Å². The van der Waals surface area contributed by atoms with Crippen LogP contribution in [-0.4, -0.2) is 28.4 Å². The molecule has 0 radical (unpaired) electrons. The van der Waals surface area contributed by atoms with E-state index in [1.54, 1.807) is 42.1 Å². The van der Waals surface area contributed by atoms with Gasteiger partial charge in [-0.3, -0.25) is 14.4 Å². The summed E-state index contributed by atoms with van der Waals surface area (Å²) in [5, 5.41) is 9.81. The van der Waals surface area contributed by atoms with Crippen molar-refractivity contribution in [3.63, 3.8) is 0 Å². The first kappa shape index (κ1) is 20.9. The van der Waals surface area contributed by atoms with Gasteiger partial charge in [-0.25, -0.2) is 0 Å². The molecule has 5 heteroatoms. The fourth-order valence-electron chi connectivity index (χ4n) is 4.70. The minimum Gasteiger partial charge on any atom is -0.481 e. The second-order valence-electron chi connectivity index (χ2n) is 8.30. The van der Waals surface area contributed by atoms with Crippen molar-refractivity contribution in [1.82, 2.24) is 0 Å². The molecular formula is C25H26O4S. The van der Waals surface area contributed by atoms with E-state index in [0.717, 1.165) is 35.5 Å². The number of fused-ring (bicyclic) bond motifs is 2. The Morgan fingerprint density at radius 3 is 2.60 bits per heavy atom. The van der Waals surface area contributed by atoms with E-state index in [4.69, 9.17) is 0 Å². The molecule has 4 nitrogen and oxygen atoms in total. The summed E-state index contributed by atoms with van der Waals surface area (Å²) in [5.74, 6) is -0.0823. The molecule has 1 aliphatic carbocycles. The van der Waals surface area contributed by atoms with E-state index < -0.39 is 11.9 Å². The van der Waals surface area contributed by atoms with Gasteiger partial charge in [0.15, 0.2) is 11.6 Å². The van der Waals surface area contributed by atoms with E-state index in [0.29, 0.717) is 17.0 Å². The predicted octanol–water partition coefficient (Wildman–Crippen LogP) is 5.61. The summed E-state index contributed by atoms with van der Waals surface area (Å²) in [7, 11) is 0. The van der Waals surface area contributed by atoms with E-state index in [-0.39, 0.29) is 30.3 Å². The smallest absolute Gasteiger partial charge is 0.310 e. The minimum absolute atomic E-state index is 0.0507. The third kappa shape index (κ3) is 4.36. The molecule has 0 saturated heterocycles. The molecule has 1 aliphatic heterocycles. The number of Topliss-reactive ketones (excluding diaryl/α,β-unsaturated/α-hetero) is 2. The van der Waals surface area contributed by atoms with Gasteiger partial charge in [-0.1, -0.05) is 49.2 Å². The lowest BCUT2D eigenvalue weighted by Gasteiger charge is -2.28. The standard InChI is InChI=1S/C25H26O4S/c26-22(16-6-2-1-3-7-16)13-12-20(25(28)29)17-10-11-21-23(14-17)30-15-18-8-4-5-9-19(18)24(21)27/h1-3,6-7,10-11,14,18-20H,4-5,8-9,12-13,15H2,(H,28,29). The van der Waals surface area contributed by atoms with Crippen LogP contribution in [0.4, 0.5) is 0 Å². The Hall–Kier alpha value is -2.40. The van der Waals surface area contributed by atoms with Gasteiger partial charge in [0.25, 0.3) is 0 Å². The van der Waals surface area contributed by atoms with E-state index in [1.165, 1.54) is 6.42 Å². The summed E-state index contributed by atoms with van der Waals surface area (Å²) in [5.41, 5.74) is 2.02. The van der Waals surface area contributed by atoms with Crippen molar-refractivity contribution in [2.24, 2.45) is 11.8 Å². The largest absolute Gasteiger partial charge is 0.481 e. The number of carbonyl (C=O) groups is 3. The number of hydrogen-bond acceptors (Lipinski definition) is 4. The maximum absolute atomic E-state index is 13.1. The molecule has 30 heavy (non-hydrogen) atoms. The number of carboxylic acids is 1. The van der Waals surface area contributed by atoms with Crippen LogP contribution in [0.25, 0.3) is 0 Å². The Morgan fingerprint density at radius 2 is 1.83 bits per heavy atom. The number of carboxylic acid groups (broad SMARTS) is 1. The minimum atomic E-state index is -0.936. The summed E-state index contributed by atoms with van der Waals surface area (Å²) < 4.78 is 0. The van der Waals surface area contributed by atoms with Crippen LogP contribution < -0.4 is 0 Å². The summed E-state index contributed by atoms with van der Waals surface area (Å²) in [6.45, 7) is 0. The molecule has 0 amide bonds. The highest BCUT2D eigenvalue weighted by Crippen LogP contribution is 2.42. The number of ketones is 2. The maximum Gasteiger partial charge on any atom is 0.310 e. The third-order valence-electron chi connectivity index (χ3n) is 6.43. The predicted molar refractivity (Wildman–Crippen MR) is 117 cm³/mol. The molecular weight excluding hydrogens is 396 g/mol. The van der Waals surface area contributed by atoms with Gasteiger partial charge in [0.1, 0.15) is 0 Å². The molecule has 3 atom stereocenters. The zero-order valence-corrected chi connectivity index (χ0v) is 17.7. The molecule has 2 aliphatic rings. The van der Waals surface area contributed by atoms with Crippen molar-refractivity contribution in [1.29, 1.82) is 0 Å². The Bertz CT molecular complexity index is 953. The van der Waals surface area contributed by atoms with Crippen LogP contribution in [0, 0.1) is 11.8 Å². The first-order chi connectivity index (χ1) is 14.5. The van der Waals surface area contributed by atoms with Crippen LogP contribution >= 0.6 is 11.8 Å². The lowest BCUT2D eigenvalue weighted by atomic mass is 9.76. The lowest BCUT2D eigenvalue weighted by Crippen LogP contribution is -2.27. The maximum atomic E-state index is 13.1. The summed E-state index contributed by atoms with van der Waals surface area (Å²) in [6.07, 6.45) is 4.78. The average molecular weight is 423 g/mol. The van der Waals surface area contributed by atoms with E-state index in [2.05, 4.69) is 0 Å². The average Bonchev–Trinajstić information content (AvgIpc) is 2.91. The Labute approximate surface area is 181 Å². The molecule has 0 aromatic heterocycles. The number of hydrogen-bond donors (Lipinski definition) is 1. The second-order valence-corrected chi connectivity index (χ2v) is 9.36. The van der Waals surface area contributed by atoms with Gasteiger partial charge in [0.2, 0.25) is 0 Å². The van der Waals surface area contributed by atoms with Crippen molar-refractivity contribution < 1.29 is 19.5 Å². The summed E-state index contributed by atoms with van der Waals surface area (Å²) in [4.78, 5) is 38.4. The summed E-state index contributed by atoms with van der Waals surface area (Å²) in [6, 6.07) is 14.4. The second kappa shape index (κ2) is 9.17. The third-order valence-corrected chi connectivity index (χ3v) is 7.67. The Balaban J connectivity index is 1.53. The number of carbonyl (C=O) groups excluding carboxylic acids is 2.